The third kappa shape index (κ3) is 1.18. The van der Waals surface area contributed by atoms with Crippen LogP contribution in [0.5, 0.6) is 0 Å². The maximum absolute atomic E-state index is 14.1. The Morgan fingerprint density at radius 2 is 1.50 bits per heavy atom. The van der Waals surface area contributed by atoms with Crippen molar-refractivity contribution in [2.75, 3.05) is 0 Å². The molecule has 0 amide bonds. The summed E-state index contributed by atoms with van der Waals surface area (Å²) in [7, 11) is 0. The minimum absolute atomic E-state index is 0.314. The molecule has 2 saturated carbocycles. The summed E-state index contributed by atoms with van der Waals surface area (Å²) < 4.78 is 53.5. The van der Waals surface area contributed by atoms with Crippen molar-refractivity contribution in [3.05, 3.63) is 0 Å². The van der Waals surface area contributed by atoms with Gasteiger partial charge in [-0.3, -0.25) is 0 Å². The highest BCUT2D eigenvalue weighted by Crippen LogP contribution is 2.55. The topological polar surface area (TPSA) is 0 Å². The summed E-state index contributed by atoms with van der Waals surface area (Å²) in [6, 6.07) is 0. The highest BCUT2D eigenvalue weighted by molar-refractivity contribution is 5.08. The van der Waals surface area contributed by atoms with Crippen LogP contribution < -0.4 is 0 Å². The lowest BCUT2D eigenvalue weighted by molar-refractivity contribution is -0.168. The van der Waals surface area contributed by atoms with Crippen molar-refractivity contribution in [1.82, 2.24) is 0 Å². The minimum Gasteiger partial charge on any atom is -0.241 e. The molecule has 82 valence electrons. The van der Waals surface area contributed by atoms with Crippen molar-refractivity contribution >= 4 is 0 Å². The van der Waals surface area contributed by atoms with Crippen molar-refractivity contribution in [1.29, 1.82) is 0 Å². The fourth-order valence-electron chi connectivity index (χ4n) is 2.80. The van der Waals surface area contributed by atoms with Gasteiger partial charge in [0.1, 0.15) is 0 Å². The molecule has 2 aliphatic rings. The van der Waals surface area contributed by atoms with E-state index in [1.54, 1.807) is 0 Å². The molecule has 2 aliphatic carbocycles. The van der Waals surface area contributed by atoms with Crippen LogP contribution in [-0.4, -0.2) is 17.8 Å². The average Bonchev–Trinajstić information content (AvgIpc) is 2.70. The van der Waals surface area contributed by atoms with E-state index in [1.807, 2.05) is 0 Å². The van der Waals surface area contributed by atoms with Gasteiger partial charge in [0.2, 0.25) is 0 Å². The van der Waals surface area contributed by atoms with E-state index < -0.39 is 23.7 Å². The van der Waals surface area contributed by atoms with Crippen LogP contribution in [-0.2, 0) is 0 Å². The molecule has 0 aliphatic heterocycles. The monoisotopic (exact) mass is 210 g/mol. The van der Waals surface area contributed by atoms with Gasteiger partial charge >= 0.3 is 5.92 Å². The van der Waals surface area contributed by atoms with E-state index in [1.165, 1.54) is 0 Å². The Bertz CT molecular complexity index is 222. The zero-order chi connectivity index (χ0) is 10.4. The van der Waals surface area contributed by atoms with Crippen molar-refractivity contribution in [3.8, 4) is 0 Å². The number of hydrogen-bond acceptors (Lipinski definition) is 0. The average molecular weight is 210 g/mol. The SMILES string of the molecule is FC1CCC(F)(C2CCCC2)C1(F)F. The van der Waals surface area contributed by atoms with Gasteiger partial charge in [0, 0.05) is 0 Å². The molecule has 0 heterocycles. The molecule has 0 spiro atoms. The van der Waals surface area contributed by atoms with E-state index >= 15 is 0 Å². The summed E-state index contributed by atoms with van der Waals surface area (Å²) >= 11 is 0. The molecule has 0 aromatic rings. The second kappa shape index (κ2) is 3.11. The normalized spacial score (nSPS) is 43.3. The van der Waals surface area contributed by atoms with Gasteiger partial charge in [0.05, 0.1) is 0 Å². The molecular weight excluding hydrogens is 196 g/mol. The molecule has 2 unspecified atom stereocenters. The molecule has 0 aromatic heterocycles. The van der Waals surface area contributed by atoms with Gasteiger partial charge in [-0.25, -0.2) is 8.78 Å². The second-order valence-corrected chi connectivity index (χ2v) is 4.47. The second-order valence-electron chi connectivity index (χ2n) is 4.47. The molecule has 0 aromatic carbocycles. The van der Waals surface area contributed by atoms with E-state index in [-0.39, 0.29) is 12.8 Å². The highest BCUT2D eigenvalue weighted by Gasteiger charge is 2.67. The van der Waals surface area contributed by atoms with Crippen LogP contribution in [0.3, 0.4) is 0 Å². The number of hydrogen-bond donors (Lipinski definition) is 0. The molecule has 2 rings (SSSR count). The van der Waals surface area contributed by atoms with Crippen LogP contribution >= 0.6 is 0 Å². The first-order valence-electron chi connectivity index (χ1n) is 5.19. The van der Waals surface area contributed by atoms with Crippen LogP contribution in [0.15, 0.2) is 0 Å². The minimum atomic E-state index is -3.76. The van der Waals surface area contributed by atoms with Gasteiger partial charge in [0.15, 0.2) is 11.8 Å². The fraction of sp³-hybridized carbons (Fsp3) is 1.00. The predicted octanol–water partition coefficient (Wildman–Crippen LogP) is 3.65. The molecule has 0 saturated heterocycles. The summed E-state index contributed by atoms with van der Waals surface area (Å²) in [5.74, 6) is -4.39. The lowest BCUT2D eigenvalue weighted by atomic mass is 9.84. The van der Waals surface area contributed by atoms with Gasteiger partial charge in [-0.15, -0.1) is 0 Å². The Balaban J connectivity index is 2.22. The predicted molar refractivity (Wildman–Crippen MR) is 44.9 cm³/mol. The third-order valence-electron chi connectivity index (χ3n) is 3.71. The summed E-state index contributed by atoms with van der Waals surface area (Å²) in [6.45, 7) is 0. The first-order valence-corrected chi connectivity index (χ1v) is 5.19. The van der Waals surface area contributed by atoms with Gasteiger partial charge < -0.3 is 0 Å². The van der Waals surface area contributed by atoms with Crippen LogP contribution in [0.25, 0.3) is 0 Å². The Labute approximate surface area is 80.7 Å². The van der Waals surface area contributed by atoms with Gasteiger partial charge in [-0.1, -0.05) is 12.8 Å². The maximum atomic E-state index is 14.1. The summed E-state index contributed by atoms with van der Waals surface area (Å²) in [5, 5.41) is 0. The fourth-order valence-corrected chi connectivity index (χ4v) is 2.80. The van der Waals surface area contributed by atoms with Gasteiger partial charge in [-0.05, 0) is 31.6 Å². The van der Waals surface area contributed by atoms with Crippen LogP contribution in [0.2, 0.25) is 0 Å². The first-order chi connectivity index (χ1) is 6.48. The molecule has 0 bridgehead atoms. The van der Waals surface area contributed by atoms with Crippen molar-refractivity contribution in [3.63, 3.8) is 0 Å². The summed E-state index contributed by atoms with van der Waals surface area (Å²) in [5.41, 5.74) is -2.57. The van der Waals surface area contributed by atoms with E-state index in [0.29, 0.717) is 12.8 Å². The molecule has 0 radical (unpaired) electrons. The van der Waals surface area contributed by atoms with Crippen LogP contribution in [0, 0.1) is 5.92 Å². The van der Waals surface area contributed by atoms with Crippen LogP contribution in [0.4, 0.5) is 17.6 Å². The molecule has 2 atom stereocenters. The van der Waals surface area contributed by atoms with Crippen LogP contribution in [0.1, 0.15) is 38.5 Å². The zero-order valence-corrected chi connectivity index (χ0v) is 7.91. The molecule has 14 heavy (non-hydrogen) atoms. The lowest BCUT2D eigenvalue weighted by Crippen LogP contribution is -2.48. The summed E-state index contributed by atoms with van der Waals surface area (Å²) in [4.78, 5) is 0. The molecule has 0 nitrogen and oxygen atoms in total. The Hall–Kier alpha value is -0.280. The Kier molecular flexibility index (Phi) is 2.27. The molecule has 4 heteroatoms. The highest BCUT2D eigenvalue weighted by atomic mass is 19.3. The third-order valence-corrected chi connectivity index (χ3v) is 3.71. The van der Waals surface area contributed by atoms with E-state index in [0.717, 1.165) is 12.8 Å². The van der Waals surface area contributed by atoms with E-state index in [4.69, 9.17) is 0 Å². The summed E-state index contributed by atoms with van der Waals surface area (Å²) in [6.07, 6.45) is -0.371. The Morgan fingerprint density at radius 3 is 1.93 bits per heavy atom. The molecular formula is C10H14F4. The largest absolute Gasteiger partial charge is 0.312 e. The Morgan fingerprint density at radius 1 is 0.929 bits per heavy atom. The van der Waals surface area contributed by atoms with E-state index in [9.17, 15) is 17.6 Å². The molecule has 2 fully saturated rings. The maximum Gasteiger partial charge on any atom is 0.312 e. The smallest absolute Gasteiger partial charge is 0.241 e. The lowest BCUT2D eigenvalue weighted by Gasteiger charge is -2.32. The van der Waals surface area contributed by atoms with Gasteiger partial charge in [0.25, 0.3) is 0 Å². The first kappa shape index (κ1) is 10.2. The van der Waals surface area contributed by atoms with E-state index in [2.05, 4.69) is 0 Å². The molecule has 0 N–H and O–H groups in total. The van der Waals surface area contributed by atoms with Crippen molar-refractivity contribution in [2.45, 2.75) is 56.3 Å². The van der Waals surface area contributed by atoms with Gasteiger partial charge in [-0.2, -0.15) is 8.78 Å². The zero-order valence-electron chi connectivity index (χ0n) is 7.91. The van der Waals surface area contributed by atoms with Crippen molar-refractivity contribution < 1.29 is 17.6 Å². The quantitative estimate of drug-likeness (QED) is 0.579. The van der Waals surface area contributed by atoms with Crippen molar-refractivity contribution in [2.24, 2.45) is 5.92 Å². The number of rotatable bonds is 1. The number of halogens is 4. The standard InChI is InChI=1S/C10H14F4/c11-8-5-6-9(12,10(8,13)14)7-3-1-2-4-7/h7-8H,1-6H2. The number of alkyl halides is 4.